The lowest BCUT2D eigenvalue weighted by atomic mass is 10.0. The van der Waals surface area contributed by atoms with Gasteiger partial charge in [-0.25, -0.2) is 4.98 Å². The summed E-state index contributed by atoms with van der Waals surface area (Å²) in [4.78, 5) is 4.40. The number of hydrogen-bond acceptors (Lipinski definition) is 3. The molecule has 0 saturated carbocycles. The quantitative estimate of drug-likeness (QED) is 0.739. The number of nitrogens with zero attached hydrogens (tertiary/aromatic N) is 3. The molecule has 1 aromatic carbocycles. The molecule has 0 bridgehead atoms. The van der Waals surface area contributed by atoms with Crippen molar-refractivity contribution >= 4 is 31.9 Å². The van der Waals surface area contributed by atoms with E-state index in [1.807, 2.05) is 10.7 Å². The Morgan fingerprint density at radius 2 is 2.10 bits per heavy atom. The van der Waals surface area contributed by atoms with Crippen molar-refractivity contribution in [1.29, 1.82) is 0 Å². The Labute approximate surface area is 142 Å². The smallest absolute Gasteiger partial charge is 0.138 e. The average Bonchev–Trinajstić information content (AvgIpc) is 2.93. The molecule has 0 amide bonds. The van der Waals surface area contributed by atoms with Gasteiger partial charge >= 0.3 is 0 Å². The molecule has 4 nitrogen and oxygen atoms in total. The van der Waals surface area contributed by atoms with Gasteiger partial charge in [-0.1, -0.05) is 38.8 Å². The average molecular weight is 416 g/mol. The molecule has 1 atom stereocenters. The van der Waals surface area contributed by atoms with E-state index in [-0.39, 0.29) is 6.04 Å². The SMILES string of the molecule is CCCNC(Cc1ncnn1CC)c1cc(Br)ccc1Br. The number of nitrogens with one attached hydrogen (secondary N) is 1. The van der Waals surface area contributed by atoms with E-state index in [0.29, 0.717) is 0 Å². The van der Waals surface area contributed by atoms with Crippen LogP contribution >= 0.6 is 31.9 Å². The zero-order valence-electron chi connectivity index (χ0n) is 12.3. The van der Waals surface area contributed by atoms with Crippen molar-refractivity contribution in [2.24, 2.45) is 0 Å². The van der Waals surface area contributed by atoms with Crippen LogP contribution in [-0.4, -0.2) is 21.3 Å². The van der Waals surface area contributed by atoms with E-state index in [4.69, 9.17) is 0 Å². The Balaban J connectivity index is 2.27. The van der Waals surface area contributed by atoms with Gasteiger partial charge in [0.1, 0.15) is 12.2 Å². The molecule has 0 aliphatic carbocycles. The molecule has 6 heteroatoms. The highest BCUT2D eigenvalue weighted by atomic mass is 79.9. The Hall–Kier alpha value is -0.720. The zero-order valence-corrected chi connectivity index (χ0v) is 15.5. The number of hydrogen-bond donors (Lipinski definition) is 1. The molecule has 1 unspecified atom stereocenters. The second kappa shape index (κ2) is 8.06. The van der Waals surface area contributed by atoms with Crippen LogP contribution in [0.25, 0.3) is 0 Å². The van der Waals surface area contributed by atoms with Crippen molar-refractivity contribution in [2.45, 2.75) is 39.3 Å². The van der Waals surface area contributed by atoms with Crippen LogP contribution in [0, 0.1) is 0 Å². The molecule has 2 aromatic rings. The molecule has 2 rings (SSSR count). The van der Waals surface area contributed by atoms with Crippen LogP contribution in [0.15, 0.2) is 33.5 Å². The molecule has 1 N–H and O–H groups in total. The largest absolute Gasteiger partial charge is 0.310 e. The highest BCUT2D eigenvalue weighted by Gasteiger charge is 2.17. The number of halogens is 2. The lowest BCUT2D eigenvalue weighted by Gasteiger charge is -2.20. The molecular formula is C15H20Br2N4. The van der Waals surface area contributed by atoms with Gasteiger partial charge in [0, 0.05) is 28.0 Å². The summed E-state index contributed by atoms with van der Waals surface area (Å²) < 4.78 is 4.15. The normalized spacial score (nSPS) is 12.6. The summed E-state index contributed by atoms with van der Waals surface area (Å²) in [6.45, 7) is 6.08. The Kier molecular flexibility index (Phi) is 6.39. The van der Waals surface area contributed by atoms with Crippen LogP contribution in [0.3, 0.4) is 0 Å². The maximum absolute atomic E-state index is 4.40. The number of benzene rings is 1. The molecule has 0 spiro atoms. The highest BCUT2D eigenvalue weighted by Crippen LogP contribution is 2.28. The van der Waals surface area contributed by atoms with Crippen molar-refractivity contribution < 1.29 is 0 Å². The number of aryl methyl sites for hydroxylation is 1. The van der Waals surface area contributed by atoms with E-state index in [2.05, 4.69) is 73.2 Å². The van der Waals surface area contributed by atoms with Gasteiger partial charge < -0.3 is 5.32 Å². The van der Waals surface area contributed by atoms with Crippen molar-refractivity contribution in [1.82, 2.24) is 20.1 Å². The Morgan fingerprint density at radius 3 is 2.81 bits per heavy atom. The van der Waals surface area contributed by atoms with Gasteiger partial charge in [0.25, 0.3) is 0 Å². The predicted octanol–water partition coefficient (Wildman–Crippen LogP) is 4.11. The summed E-state index contributed by atoms with van der Waals surface area (Å²) in [6.07, 6.45) is 3.55. The first-order valence-electron chi connectivity index (χ1n) is 7.20. The lowest BCUT2D eigenvalue weighted by Crippen LogP contribution is -2.26. The molecule has 0 aliphatic heterocycles. The summed E-state index contributed by atoms with van der Waals surface area (Å²) >= 11 is 7.22. The van der Waals surface area contributed by atoms with E-state index in [1.54, 1.807) is 6.33 Å². The minimum atomic E-state index is 0.214. The maximum Gasteiger partial charge on any atom is 0.138 e. The van der Waals surface area contributed by atoms with Crippen LogP contribution in [0.5, 0.6) is 0 Å². The fourth-order valence-corrected chi connectivity index (χ4v) is 3.19. The summed E-state index contributed by atoms with van der Waals surface area (Å²) in [5.74, 6) is 1.01. The van der Waals surface area contributed by atoms with Gasteiger partial charge in [-0.05, 0) is 43.7 Å². The Bertz CT molecular complexity index is 583. The predicted molar refractivity (Wildman–Crippen MR) is 92.3 cm³/mol. The van der Waals surface area contributed by atoms with Crippen LogP contribution in [0.4, 0.5) is 0 Å². The van der Waals surface area contributed by atoms with Gasteiger partial charge in [-0.15, -0.1) is 0 Å². The second-order valence-electron chi connectivity index (χ2n) is 4.87. The van der Waals surface area contributed by atoms with Crippen molar-refractivity contribution in [3.63, 3.8) is 0 Å². The van der Waals surface area contributed by atoms with Gasteiger partial charge in [0.2, 0.25) is 0 Å². The molecule has 0 aliphatic rings. The lowest BCUT2D eigenvalue weighted by molar-refractivity contribution is 0.495. The topological polar surface area (TPSA) is 42.7 Å². The molecule has 114 valence electrons. The third-order valence-electron chi connectivity index (χ3n) is 3.36. The van der Waals surface area contributed by atoms with E-state index in [9.17, 15) is 0 Å². The van der Waals surface area contributed by atoms with Crippen molar-refractivity contribution in [2.75, 3.05) is 6.54 Å². The molecule has 0 saturated heterocycles. The highest BCUT2D eigenvalue weighted by molar-refractivity contribution is 9.11. The zero-order chi connectivity index (χ0) is 15.2. The monoisotopic (exact) mass is 414 g/mol. The molecule has 1 aromatic heterocycles. The fraction of sp³-hybridized carbons (Fsp3) is 0.467. The summed E-state index contributed by atoms with van der Waals surface area (Å²) in [5, 5.41) is 7.87. The Morgan fingerprint density at radius 1 is 1.29 bits per heavy atom. The molecule has 0 fully saturated rings. The summed E-state index contributed by atoms with van der Waals surface area (Å²) in [5.41, 5.74) is 1.24. The van der Waals surface area contributed by atoms with Crippen LogP contribution < -0.4 is 5.32 Å². The van der Waals surface area contributed by atoms with Crippen molar-refractivity contribution in [3.05, 3.63) is 44.9 Å². The van der Waals surface area contributed by atoms with E-state index in [0.717, 1.165) is 40.7 Å². The molecule has 21 heavy (non-hydrogen) atoms. The first-order valence-corrected chi connectivity index (χ1v) is 8.79. The molecule has 1 heterocycles. The van der Waals surface area contributed by atoms with Crippen molar-refractivity contribution in [3.8, 4) is 0 Å². The number of rotatable bonds is 7. The van der Waals surface area contributed by atoms with E-state index in [1.165, 1.54) is 5.56 Å². The first kappa shape index (κ1) is 16.6. The third kappa shape index (κ3) is 4.37. The second-order valence-corrected chi connectivity index (χ2v) is 6.64. The minimum absolute atomic E-state index is 0.214. The minimum Gasteiger partial charge on any atom is -0.310 e. The summed E-state index contributed by atoms with van der Waals surface area (Å²) in [7, 11) is 0. The standard InChI is InChI=1S/C15H20Br2N4/c1-3-7-18-14(9-15-19-10-20-21(15)4-2)12-8-11(16)5-6-13(12)17/h5-6,8,10,14,18H,3-4,7,9H2,1-2H3. The van der Waals surface area contributed by atoms with Gasteiger partial charge in [0.05, 0.1) is 0 Å². The van der Waals surface area contributed by atoms with Crippen LogP contribution in [0.1, 0.15) is 37.7 Å². The number of aromatic nitrogens is 3. The molecule has 0 radical (unpaired) electrons. The van der Waals surface area contributed by atoms with Gasteiger partial charge in [-0.2, -0.15) is 5.10 Å². The van der Waals surface area contributed by atoms with E-state index >= 15 is 0 Å². The fourth-order valence-electron chi connectivity index (χ4n) is 2.29. The van der Waals surface area contributed by atoms with E-state index < -0.39 is 0 Å². The maximum atomic E-state index is 4.40. The summed E-state index contributed by atoms with van der Waals surface area (Å²) in [6, 6.07) is 6.49. The van der Waals surface area contributed by atoms with Crippen LogP contribution in [-0.2, 0) is 13.0 Å². The molecular weight excluding hydrogens is 396 g/mol. The van der Waals surface area contributed by atoms with Crippen LogP contribution in [0.2, 0.25) is 0 Å². The first-order chi connectivity index (χ1) is 10.2. The van der Waals surface area contributed by atoms with Gasteiger partial charge in [0.15, 0.2) is 0 Å². The van der Waals surface area contributed by atoms with Gasteiger partial charge in [-0.3, -0.25) is 4.68 Å². The third-order valence-corrected chi connectivity index (χ3v) is 4.57.